The van der Waals surface area contributed by atoms with Crippen LogP contribution in [-0.2, 0) is 0 Å². The summed E-state index contributed by atoms with van der Waals surface area (Å²) >= 11 is 5.92. The van der Waals surface area contributed by atoms with Gasteiger partial charge in [-0.25, -0.2) is 9.37 Å². The first-order chi connectivity index (χ1) is 9.17. The number of ether oxygens (including phenoxy) is 1. The summed E-state index contributed by atoms with van der Waals surface area (Å²) in [5.74, 6) is -0.0160. The van der Waals surface area contributed by atoms with Crippen molar-refractivity contribution in [2.75, 3.05) is 14.2 Å². The summed E-state index contributed by atoms with van der Waals surface area (Å²) in [6.45, 7) is 0. The summed E-state index contributed by atoms with van der Waals surface area (Å²) in [6.07, 6.45) is 3.05. The van der Waals surface area contributed by atoms with Gasteiger partial charge in [0.15, 0.2) is 0 Å². The molecule has 1 atom stereocenters. The molecule has 0 spiro atoms. The largest absolute Gasteiger partial charge is 0.480 e. The third-order valence-corrected chi connectivity index (χ3v) is 2.95. The molecule has 1 unspecified atom stereocenters. The first-order valence-electron chi connectivity index (χ1n) is 5.64. The molecule has 0 fully saturated rings. The predicted molar refractivity (Wildman–Crippen MR) is 70.9 cm³/mol. The van der Waals surface area contributed by atoms with Gasteiger partial charge in [-0.05, 0) is 25.2 Å². The molecular weight excluding hydrogens is 269 g/mol. The van der Waals surface area contributed by atoms with Crippen molar-refractivity contribution in [2.24, 2.45) is 0 Å². The van der Waals surface area contributed by atoms with Gasteiger partial charge >= 0.3 is 0 Å². The van der Waals surface area contributed by atoms with Crippen LogP contribution in [0.1, 0.15) is 17.3 Å². The first kappa shape index (κ1) is 13.7. The number of aromatic nitrogens is 2. The standard InChI is InChI=1S/C13H13ClFN3O/c1-16-11(9-7-8(14)3-4-10(9)15)12-13(19-2)18-6-5-17-12/h3-7,11,16H,1-2H3. The topological polar surface area (TPSA) is 47.0 Å². The zero-order chi connectivity index (χ0) is 13.8. The average molecular weight is 282 g/mol. The minimum absolute atomic E-state index is 0.348. The summed E-state index contributed by atoms with van der Waals surface area (Å²) in [7, 11) is 3.20. The molecule has 4 nitrogen and oxygen atoms in total. The summed E-state index contributed by atoms with van der Waals surface area (Å²) in [5, 5.41) is 3.45. The molecule has 0 saturated carbocycles. The molecule has 0 radical (unpaired) electrons. The maximum Gasteiger partial charge on any atom is 0.237 e. The molecule has 0 aliphatic carbocycles. The van der Waals surface area contributed by atoms with Gasteiger partial charge in [0.05, 0.1) is 13.2 Å². The summed E-state index contributed by atoms with van der Waals surface area (Å²) in [5.41, 5.74) is 0.905. The lowest BCUT2D eigenvalue weighted by molar-refractivity contribution is 0.383. The molecule has 0 saturated heterocycles. The Kier molecular flexibility index (Phi) is 4.29. The normalized spacial score (nSPS) is 12.2. The number of halogens is 2. The van der Waals surface area contributed by atoms with Gasteiger partial charge in [-0.2, -0.15) is 0 Å². The van der Waals surface area contributed by atoms with E-state index in [1.54, 1.807) is 13.1 Å². The third-order valence-electron chi connectivity index (χ3n) is 2.72. The highest BCUT2D eigenvalue weighted by Gasteiger charge is 2.22. The van der Waals surface area contributed by atoms with Gasteiger partial charge < -0.3 is 10.1 Å². The van der Waals surface area contributed by atoms with Crippen LogP contribution in [0.2, 0.25) is 5.02 Å². The van der Waals surface area contributed by atoms with E-state index in [0.717, 1.165) is 0 Å². The Hall–Kier alpha value is -1.72. The highest BCUT2D eigenvalue weighted by Crippen LogP contribution is 2.29. The lowest BCUT2D eigenvalue weighted by atomic mass is 10.0. The van der Waals surface area contributed by atoms with Crippen molar-refractivity contribution < 1.29 is 9.13 Å². The predicted octanol–water partition coefficient (Wildman–Crippen LogP) is 2.59. The van der Waals surface area contributed by atoms with E-state index >= 15 is 0 Å². The maximum absolute atomic E-state index is 13.9. The fraction of sp³-hybridized carbons (Fsp3) is 0.231. The Morgan fingerprint density at radius 2 is 2.05 bits per heavy atom. The van der Waals surface area contributed by atoms with Gasteiger partial charge in [-0.15, -0.1) is 0 Å². The molecule has 0 aliphatic heterocycles. The van der Waals surface area contributed by atoms with Crippen LogP contribution in [0.3, 0.4) is 0 Å². The van der Waals surface area contributed by atoms with E-state index in [1.807, 2.05) is 0 Å². The van der Waals surface area contributed by atoms with E-state index < -0.39 is 6.04 Å². The van der Waals surface area contributed by atoms with Gasteiger partial charge in [0.25, 0.3) is 0 Å². The van der Waals surface area contributed by atoms with Crippen LogP contribution in [0, 0.1) is 5.82 Å². The zero-order valence-corrected chi connectivity index (χ0v) is 11.3. The van der Waals surface area contributed by atoms with Crippen molar-refractivity contribution in [3.8, 4) is 5.88 Å². The Balaban J connectivity index is 2.53. The van der Waals surface area contributed by atoms with E-state index in [2.05, 4.69) is 15.3 Å². The van der Waals surface area contributed by atoms with Gasteiger partial charge in [0, 0.05) is 23.0 Å². The smallest absolute Gasteiger partial charge is 0.237 e. The highest BCUT2D eigenvalue weighted by molar-refractivity contribution is 6.30. The van der Waals surface area contributed by atoms with Crippen LogP contribution >= 0.6 is 11.6 Å². The average Bonchev–Trinajstić information content (AvgIpc) is 2.44. The molecule has 1 N–H and O–H groups in total. The van der Waals surface area contributed by atoms with E-state index in [0.29, 0.717) is 22.2 Å². The van der Waals surface area contributed by atoms with Crippen LogP contribution in [-0.4, -0.2) is 24.1 Å². The second-order valence-corrected chi connectivity index (χ2v) is 4.27. The second-order valence-electron chi connectivity index (χ2n) is 3.84. The molecule has 100 valence electrons. The Bertz CT molecular complexity index is 580. The van der Waals surface area contributed by atoms with Gasteiger partial charge in [0.1, 0.15) is 11.5 Å². The number of hydrogen-bond donors (Lipinski definition) is 1. The maximum atomic E-state index is 13.9. The molecule has 1 heterocycles. The van der Waals surface area contributed by atoms with Crippen LogP contribution < -0.4 is 10.1 Å². The molecule has 2 rings (SSSR count). The molecular formula is C13H13ClFN3O. The van der Waals surface area contributed by atoms with E-state index in [-0.39, 0.29) is 5.82 Å². The molecule has 0 amide bonds. The SMILES string of the molecule is CNC(c1cc(Cl)ccc1F)c1nccnc1OC. The Morgan fingerprint density at radius 3 is 2.74 bits per heavy atom. The van der Waals surface area contributed by atoms with Crippen LogP contribution in [0.15, 0.2) is 30.6 Å². The Morgan fingerprint density at radius 1 is 1.32 bits per heavy atom. The third kappa shape index (κ3) is 2.83. The van der Waals surface area contributed by atoms with E-state index in [9.17, 15) is 4.39 Å². The summed E-state index contributed by atoms with van der Waals surface area (Å²) < 4.78 is 19.1. The zero-order valence-electron chi connectivity index (χ0n) is 10.5. The van der Waals surface area contributed by atoms with Crippen molar-refractivity contribution >= 4 is 11.6 Å². The molecule has 1 aromatic carbocycles. The van der Waals surface area contributed by atoms with Gasteiger partial charge in [0.2, 0.25) is 5.88 Å². The van der Waals surface area contributed by atoms with E-state index in [4.69, 9.17) is 16.3 Å². The number of rotatable bonds is 4. The number of benzene rings is 1. The van der Waals surface area contributed by atoms with Crippen LogP contribution in [0.25, 0.3) is 0 Å². The Labute approximate surface area is 115 Å². The summed E-state index contributed by atoms with van der Waals surface area (Å²) in [4.78, 5) is 8.27. The first-order valence-corrected chi connectivity index (χ1v) is 6.02. The van der Waals surface area contributed by atoms with Crippen LogP contribution in [0.4, 0.5) is 4.39 Å². The second kappa shape index (κ2) is 5.95. The molecule has 6 heteroatoms. The minimum atomic E-state index is -0.484. The molecule has 1 aromatic heterocycles. The molecule has 19 heavy (non-hydrogen) atoms. The van der Waals surface area contributed by atoms with Crippen molar-refractivity contribution in [2.45, 2.75) is 6.04 Å². The molecule has 0 bridgehead atoms. The van der Waals surface area contributed by atoms with E-state index in [1.165, 1.54) is 31.6 Å². The summed E-state index contributed by atoms with van der Waals surface area (Å²) in [6, 6.07) is 3.90. The van der Waals surface area contributed by atoms with Crippen molar-refractivity contribution in [1.82, 2.24) is 15.3 Å². The quantitative estimate of drug-likeness (QED) is 0.936. The lowest BCUT2D eigenvalue weighted by Crippen LogP contribution is -2.21. The number of hydrogen-bond acceptors (Lipinski definition) is 4. The lowest BCUT2D eigenvalue weighted by Gasteiger charge is -2.18. The number of nitrogens with one attached hydrogen (secondary N) is 1. The highest BCUT2D eigenvalue weighted by atomic mass is 35.5. The fourth-order valence-electron chi connectivity index (χ4n) is 1.87. The van der Waals surface area contributed by atoms with Gasteiger partial charge in [-0.1, -0.05) is 11.6 Å². The monoisotopic (exact) mass is 281 g/mol. The minimum Gasteiger partial charge on any atom is -0.480 e. The van der Waals surface area contributed by atoms with Crippen LogP contribution in [0.5, 0.6) is 5.88 Å². The molecule has 2 aromatic rings. The van der Waals surface area contributed by atoms with Crippen molar-refractivity contribution in [1.29, 1.82) is 0 Å². The van der Waals surface area contributed by atoms with Crippen molar-refractivity contribution in [3.05, 3.63) is 52.7 Å². The van der Waals surface area contributed by atoms with Crippen molar-refractivity contribution in [3.63, 3.8) is 0 Å². The molecule has 0 aliphatic rings. The number of methoxy groups -OCH3 is 1. The van der Waals surface area contributed by atoms with Gasteiger partial charge in [-0.3, -0.25) is 4.98 Å². The number of nitrogens with zero attached hydrogens (tertiary/aromatic N) is 2. The fourth-order valence-corrected chi connectivity index (χ4v) is 2.05.